The van der Waals surface area contributed by atoms with Crippen LogP contribution in [0.2, 0.25) is 5.02 Å². The van der Waals surface area contributed by atoms with E-state index in [0.717, 1.165) is 11.1 Å². The van der Waals surface area contributed by atoms with Crippen LogP contribution in [0.1, 0.15) is 21.6 Å². The summed E-state index contributed by atoms with van der Waals surface area (Å²) in [6, 6.07) is 17.4. The lowest BCUT2D eigenvalue weighted by atomic mass is 10.1. The molecule has 0 fully saturated rings. The minimum atomic E-state index is -0.580. The van der Waals surface area contributed by atoms with Gasteiger partial charge in [-0.05, 0) is 48.9 Å². The Balaban J connectivity index is 1.47. The summed E-state index contributed by atoms with van der Waals surface area (Å²) >= 11 is 7.73. The number of fused-ring (bicyclic) bond motifs is 1. The molecule has 5 rings (SSSR count). The van der Waals surface area contributed by atoms with E-state index in [1.54, 1.807) is 37.3 Å². The number of rotatable bonds is 7. The Bertz CT molecular complexity index is 1580. The van der Waals surface area contributed by atoms with Crippen LogP contribution in [0.3, 0.4) is 0 Å². The number of aryl methyl sites for hydroxylation is 1. The monoisotopic (exact) mass is 521 g/mol. The van der Waals surface area contributed by atoms with Gasteiger partial charge in [-0.2, -0.15) is 5.10 Å². The molecule has 182 valence electrons. The van der Waals surface area contributed by atoms with Gasteiger partial charge in [0.15, 0.2) is 5.82 Å². The molecule has 0 unspecified atom stereocenters. The number of ketones is 1. The van der Waals surface area contributed by atoms with E-state index in [-0.39, 0.29) is 22.9 Å². The summed E-state index contributed by atoms with van der Waals surface area (Å²) < 4.78 is 25.3. The number of halogens is 2. The molecule has 5 aromatic rings. The number of para-hydroxylation sites is 1. The molecule has 0 saturated carbocycles. The Hall–Kier alpha value is -3.95. The molecule has 0 bridgehead atoms. The van der Waals surface area contributed by atoms with E-state index < -0.39 is 5.82 Å². The maximum absolute atomic E-state index is 15.2. The van der Waals surface area contributed by atoms with Gasteiger partial charge in [-0.25, -0.2) is 9.07 Å². The van der Waals surface area contributed by atoms with Gasteiger partial charge >= 0.3 is 0 Å². The zero-order chi connectivity index (χ0) is 25.4. The van der Waals surface area contributed by atoms with E-state index in [1.807, 2.05) is 30.5 Å². The van der Waals surface area contributed by atoms with Crippen molar-refractivity contribution in [2.24, 2.45) is 0 Å². The first-order valence-electron chi connectivity index (χ1n) is 10.9. The van der Waals surface area contributed by atoms with E-state index in [1.165, 1.54) is 28.9 Å². The minimum absolute atomic E-state index is 0.0279. The fraction of sp³-hybridized carbons (Fsp3) is 0.0769. The van der Waals surface area contributed by atoms with Gasteiger partial charge < -0.3 is 20.2 Å². The number of carbonyl (C=O) groups is 1. The first-order valence-corrected chi connectivity index (χ1v) is 12.5. The van der Waals surface area contributed by atoms with Crippen LogP contribution in [0.15, 0.2) is 66.9 Å². The smallest absolute Gasteiger partial charge is 0.214 e. The molecular weight excluding hydrogens is 501 g/mol. The highest BCUT2D eigenvalue weighted by Crippen LogP contribution is 2.32. The van der Waals surface area contributed by atoms with Crippen molar-refractivity contribution in [2.75, 3.05) is 16.7 Å². The number of nitrogens with one attached hydrogen (secondary N) is 2. The van der Waals surface area contributed by atoms with Crippen LogP contribution in [-0.4, -0.2) is 26.8 Å². The molecule has 2 aromatic heterocycles. The number of nitrogens with zero attached hydrogens (tertiary/aromatic N) is 2. The van der Waals surface area contributed by atoms with Gasteiger partial charge in [0.2, 0.25) is 5.78 Å². The van der Waals surface area contributed by atoms with Crippen molar-refractivity contribution in [3.05, 3.63) is 94.5 Å². The van der Waals surface area contributed by atoms with Gasteiger partial charge in [0, 0.05) is 23.2 Å². The Morgan fingerprint density at radius 2 is 1.94 bits per heavy atom. The number of aromatic nitrogens is 3. The molecule has 3 aromatic carbocycles. The second kappa shape index (κ2) is 9.60. The first-order chi connectivity index (χ1) is 17.4. The molecule has 36 heavy (non-hydrogen) atoms. The number of H-pyrrole nitrogens is 1. The average molecular weight is 522 g/mol. The fourth-order valence-corrected chi connectivity index (χ4v) is 4.63. The number of aromatic amines is 1. The lowest BCUT2D eigenvalue weighted by molar-refractivity contribution is 0.103. The first kappa shape index (κ1) is 23.8. The molecule has 0 aliphatic heterocycles. The van der Waals surface area contributed by atoms with E-state index >= 15 is 4.39 Å². The number of carbonyl (C=O) groups excluding carboxylic acids is 1. The van der Waals surface area contributed by atoms with Crippen molar-refractivity contribution < 1.29 is 13.9 Å². The summed E-state index contributed by atoms with van der Waals surface area (Å²) in [5, 5.41) is 5.55. The normalized spacial score (nSPS) is 11.1. The zero-order valence-electron chi connectivity index (χ0n) is 19.3. The number of hydrogen-bond acceptors (Lipinski definition) is 6. The van der Waals surface area contributed by atoms with Crippen LogP contribution in [0.5, 0.6) is 11.5 Å². The number of ether oxygens (including phenoxy) is 1. The molecule has 0 saturated heterocycles. The molecule has 0 amide bonds. The predicted molar refractivity (Wildman–Crippen MR) is 143 cm³/mol. The molecule has 2 heterocycles. The van der Waals surface area contributed by atoms with Crippen molar-refractivity contribution in [3.63, 3.8) is 0 Å². The van der Waals surface area contributed by atoms with E-state index in [9.17, 15) is 4.79 Å². The topological polar surface area (TPSA) is 98.0 Å². The van der Waals surface area contributed by atoms with Crippen LogP contribution in [0, 0.1) is 12.7 Å². The number of nitrogen functional groups attached to an aromatic ring is 1. The van der Waals surface area contributed by atoms with Gasteiger partial charge in [0.05, 0.1) is 28.2 Å². The molecule has 7 nitrogen and oxygen atoms in total. The third-order valence-electron chi connectivity index (χ3n) is 5.63. The molecule has 0 spiro atoms. The summed E-state index contributed by atoms with van der Waals surface area (Å²) in [6.07, 6.45) is 3.23. The van der Waals surface area contributed by atoms with Crippen LogP contribution in [0.4, 0.5) is 15.9 Å². The number of benzene rings is 3. The lowest BCUT2D eigenvalue weighted by Gasteiger charge is -2.13. The van der Waals surface area contributed by atoms with E-state index in [4.69, 9.17) is 22.1 Å². The Morgan fingerprint density at radius 1 is 1.17 bits per heavy atom. The second-order valence-corrected chi connectivity index (χ2v) is 9.10. The molecule has 10 heteroatoms. The number of hydrogen-bond donors (Lipinski definition) is 3. The molecule has 0 aliphatic rings. The molecule has 0 atom stereocenters. The Kier molecular flexibility index (Phi) is 6.34. The van der Waals surface area contributed by atoms with Gasteiger partial charge in [-0.15, -0.1) is 0 Å². The van der Waals surface area contributed by atoms with Crippen LogP contribution in [0.25, 0.3) is 16.6 Å². The quantitative estimate of drug-likeness (QED) is 0.162. The van der Waals surface area contributed by atoms with Crippen LogP contribution >= 0.6 is 23.5 Å². The molecule has 4 N–H and O–H groups in total. The van der Waals surface area contributed by atoms with Crippen molar-refractivity contribution >= 4 is 51.7 Å². The minimum Gasteiger partial charge on any atom is -0.457 e. The summed E-state index contributed by atoms with van der Waals surface area (Å²) in [4.78, 5) is 16.4. The van der Waals surface area contributed by atoms with E-state index in [0.29, 0.717) is 33.3 Å². The molecular formula is C26H21ClFN5O2S. The highest BCUT2D eigenvalue weighted by atomic mass is 35.5. The maximum Gasteiger partial charge on any atom is 0.214 e. The standard InChI is InChI=1S/C26H21ClFN5O2S/c1-14-8-17(35-16-6-4-3-5-7-16)11-20(28)24(14)33-26(29)18(13-30-33)25(34)23-10-15-9-22(32-36-2)19(27)12-21(15)31-23/h3-13,31-32H,29H2,1-2H3. The lowest BCUT2D eigenvalue weighted by Crippen LogP contribution is -2.10. The van der Waals surface area contributed by atoms with Crippen molar-refractivity contribution in [2.45, 2.75) is 6.92 Å². The third-order valence-corrected chi connectivity index (χ3v) is 6.37. The summed E-state index contributed by atoms with van der Waals surface area (Å²) in [5.41, 5.74) is 8.89. The number of nitrogens with two attached hydrogens (primary N) is 1. The van der Waals surface area contributed by atoms with Crippen molar-refractivity contribution in [1.29, 1.82) is 0 Å². The van der Waals surface area contributed by atoms with Crippen LogP contribution in [-0.2, 0) is 0 Å². The van der Waals surface area contributed by atoms with Gasteiger partial charge in [0.1, 0.15) is 23.0 Å². The highest BCUT2D eigenvalue weighted by Gasteiger charge is 2.22. The summed E-state index contributed by atoms with van der Waals surface area (Å²) in [7, 11) is 0. The third kappa shape index (κ3) is 4.38. The van der Waals surface area contributed by atoms with Gasteiger partial charge in [-0.3, -0.25) is 4.79 Å². The summed E-state index contributed by atoms with van der Waals surface area (Å²) in [5.74, 6) is 0.0112. The average Bonchev–Trinajstić information content (AvgIpc) is 3.43. The maximum atomic E-state index is 15.2. The Morgan fingerprint density at radius 3 is 2.67 bits per heavy atom. The SMILES string of the molecule is CSNc1cc2cc(C(=O)c3cnn(-c4c(C)cc(Oc5ccccc5)cc4F)c3N)[nH]c2cc1Cl. The zero-order valence-corrected chi connectivity index (χ0v) is 20.9. The van der Waals surface area contributed by atoms with Crippen molar-refractivity contribution in [1.82, 2.24) is 14.8 Å². The van der Waals surface area contributed by atoms with Crippen LogP contribution < -0.4 is 15.2 Å². The molecule has 0 radical (unpaired) electrons. The Labute approximate surface area is 215 Å². The predicted octanol–water partition coefficient (Wildman–Crippen LogP) is 6.75. The van der Waals surface area contributed by atoms with Gasteiger partial charge in [0.25, 0.3) is 0 Å². The fourth-order valence-electron chi connectivity index (χ4n) is 3.98. The summed E-state index contributed by atoms with van der Waals surface area (Å²) in [6.45, 7) is 1.72. The highest BCUT2D eigenvalue weighted by molar-refractivity contribution is 7.99. The molecule has 0 aliphatic carbocycles. The second-order valence-electron chi connectivity index (χ2n) is 8.08. The van der Waals surface area contributed by atoms with Gasteiger partial charge in [-0.1, -0.05) is 41.7 Å². The largest absolute Gasteiger partial charge is 0.457 e. The number of anilines is 2. The van der Waals surface area contributed by atoms with E-state index in [2.05, 4.69) is 14.8 Å². The van der Waals surface area contributed by atoms with Crippen molar-refractivity contribution in [3.8, 4) is 17.2 Å².